The molecule has 0 bridgehead atoms. The molecule has 0 saturated carbocycles. The second-order valence-electron chi connectivity index (χ2n) is 4.85. The lowest BCUT2D eigenvalue weighted by Gasteiger charge is -2.09. The molecule has 132 valence electrons. The molecule has 2 amide bonds. The van der Waals surface area contributed by atoms with Gasteiger partial charge >= 0.3 is 0 Å². The highest BCUT2D eigenvalue weighted by atomic mass is 35.5. The minimum Gasteiger partial charge on any atom is -0.484 e. The molecule has 9 heteroatoms. The minimum absolute atomic E-state index is 0.0722. The van der Waals surface area contributed by atoms with Crippen LogP contribution in [-0.4, -0.2) is 25.0 Å². The molecule has 0 aliphatic heterocycles. The van der Waals surface area contributed by atoms with Crippen molar-refractivity contribution in [3.63, 3.8) is 0 Å². The molecular formula is C16H12Cl2F2N2O3. The van der Waals surface area contributed by atoms with Gasteiger partial charge in [-0.1, -0.05) is 23.2 Å². The van der Waals surface area contributed by atoms with Crippen LogP contribution in [-0.2, 0) is 9.59 Å². The van der Waals surface area contributed by atoms with Crippen LogP contribution in [0.15, 0.2) is 36.4 Å². The molecule has 0 saturated heterocycles. The van der Waals surface area contributed by atoms with Crippen LogP contribution in [0.5, 0.6) is 5.75 Å². The van der Waals surface area contributed by atoms with E-state index in [0.717, 1.165) is 12.1 Å². The van der Waals surface area contributed by atoms with Crippen molar-refractivity contribution in [1.29, 1.82) is 0 Å². The molecule has 0 radical (unpaired) electrons. The fourth-order valence-electron chi connectivity index (χ4n) is 1.77. The Morgan fingerprint density at radius 3 is 2.28 bits per heavy atom. The molecule has 0 spiro atoms. The summed E-state index contributed by atoms with van der Waals surface area (Å²) in [6.07, 6.45) is 0. The molecule has 0 fully saturated rings. The zero-order chi connectivity index (χ0) is 18.4. The number of carbonyl (C=O) groups is 2. The highest BCUT2D eigenvalue weighted by molar-refractivity contribution is 6.34. The normalized spacial score (nSPS) is 10.2. The molecule has 2 aromatic rings. The largest absolute Gasteiger partial charge is 0.484 e. The highest BCUT2D eigenvalue weighted by Crippen LogP contribution is 2.24. The molecule has 5 nitrogen and oxygen atoms in total. The Labute approximate surface area is 151 Å². The number of hydrogen-bond donors (Lipinski definition) is 2. The number of carbonyl (C=O) groups excluding carboxylic acids is 2. The molecule has 2 N–H and O–H groups in total. The van der Waals surface area contributed by atoms with Crippen LogP contribution >= 0.6 is 23.2 Å². The van der Waals surface area contributed by atoms with E-state index < -0.39 is 23.4 Å². The molecule has 0 atom stereocenters. The van der Waals surface area contributed by atoms with Gasteiger partial charge in [0.1, 0.15) is 5.75 Å². The van der Waals surface area contributed by atoms with Crippen LogP contribution in [0.3, 0.4) is 0 Å². The maximum absolute atomic E-state index is 13.0. The van der Waals surface area contributed by atoms with Crippen LogP contribution in [0.1, 0.15) is 0 Å². The van der Waals surface area contributed by atoms with Crippen molar-refractivity contribution in [3.05, 3.63) is 58.1 Å². The van der Waals surface area contributed by atoms with Gasteiger partial charge in [-0.25, -0.2) is 8.78 Å². The Morgan fingerprint density at radius 2 is 1.64 bits per heavy atom. The summed E-state index contributed by atoms with van der Waals surface area (Å²) in [6, 6.07) is 7.39. The van der Waals surface area contributed by atoms with E-state index in [2.05, 4.69) is 10.6 Å². The minimum atomic E-state index is -1.09. The predicted molar refractivity (Wildman–Crippen MR) is 90.0 cm³/mol. The third-order valence-electron chi connectivity index (χ3n) is 2.86. The Morgan fingerprint density at radius 1 is 0.960 bits per heavy atom. The van der Waals surface area contributed by atoms with Crippen LogP contribution in [0, 0.1) is 11.6 Å². The van der Waals surface area contributed by atoms with E-state index in [1.165, 1.54) is 24.3 Å². The van der Waals surface area contributed by atoms with Gasteiger partial charge < -0.3 is 15.4 Å². The van der Waals surface area contributed by atoms with Crippen molar-refractivity contribution in [2.45, 2.75) is 0 Å². The van der Waals surface area contributed by atoms with Gasteiger partial charge in [-0.15, -0.1) is 0 Å². The summed E-state index contributed by atoms with van der Waals surface area (Å²) in [6.45, 7) is -0.716. The second-order valence-corrected chi connectivity index (χ2v) is 5.72. The average Bonchev–Trinajstić information content (AvgIpc) is 2.53. The summed E-state index contributed by atoms with van der Waals surface area (Å²) in [5.74, 6) is -2.97. The van der Waals surface area contributed by atoms with Gasteiger partial charge in [0.15, 0.2) is 18.2 Å². The van der Waals surface area contributed by atoms with Crippen LogP contribution in [0.25, 0.3) is 0 Å². The van der Waals surface area contributed by atoms with E-state index in [1.807, 2.05) is 0 Å². The third kappa shape index (κ3) is 6.21. The van der Waals surface area contributed by atoms with Crippen molar-refractivity contribution < 1.29 is 23.1 Å². The SMILES string of the molecule is O=C(COc1cc(Cl)cc(Cl)c1)NCC(=O)Nc1ccc(F)c(F)c1. The molecule has 2 rings (SSSR count). The number of amides is 2. The van der Waals surface area contributed by atoms with Crippen LogP contribution in [0.2, 0.25) is 10.0 Å². The summed E-state index contributed by atoms with van der Waals surface area (Å²) in [5, 5.41) is 5.35. The molecule has 2 aromatic carbocycles. The smallest absolute Gasteiger partial charge is 0.258 e. The van der Waals surface area contributed by atoms with E-state index in [0.29, 0.717) is 15.8 Å². The zero-order valence-electron chi connectivity index (χ0n) is 12.6. The Hall–Kier alpha value is -2.38. The van der Waals surface area contributed by atoms with E-state index in [1.54, 1.807) is 0 Å². The molecule has 25 heavy (non-hydrogen) atoms. The van der Waals surface area contributed by atoms with Crippen molar-refractivity contribution in [2.24, 2.45) is 0 Å². The lowest BCUT2D eigenvalue weighted by molar-refractivity contribution is -0.125. The molecule has 0 aliphatic carbocycles. The first-order chi connectivity index (χ1) is 11.8. The molecule has 0 unspecified atom stereocenters. The van der Waals surface area contributed by atoms with Gasteiger partial charge in [0.05, 0.1) is 6.54 Å². The lowest BCUT2D eigenvalue weighted by Crippen LogP contribution is -2.35. The predicted octanol–water partition coefficient (Wildman–Crippen LogP) is 3.41. The average molecular weight is 389 g/mol. The molecule has 0 aliphatic rings. The summed E-state index contributed by atoms with van der Waals surface area (Å²) < 4.78 is 31.0. The molecular weight excluding hydrogens is 377 g/mol. The maximum Gasteiger partial charge on any atom is 0.258 e. The maximum atomic E-state index is 13.0. The van der Waals surface area contributed by atoms with Crippen molar-refractivity contribution >= 4 is 40.7 Å². The number of hydrogen-bond acceptors (Lipinski definition) is 3. The molecule has 0 heterocycles. The molecule has 0 aromatic heterocycles. The van der Waals surface area contributed by atoms with Gasteiger partial charge in [-0.2, -0.15) is 0 Å². The van der Waals surface area contributed by atoms with Crippen LogP contribution < -0.4 is 15.4 Å². The first kappa shape index (κ1) is 19.0. The van der Waals surface area contributed by atoms with Gasteiger partial charge in [-0.3, -0.25) is 9.59 Å². The van der Waals surface area contributed by atoms with E-state index in [-0.39, 0.29) is 18.8 Å². The first-order valence-electron chi connectivity index (χ1n) is 6.94. The number of halogens is 4. The summed E-state index contributed by atoms with van der Waals surface area (Å²) in [7, 11) is 0. The van der Waals surface area contributed by atoms with Crippen molar-refractivity contribution in [2.75, 3.05) is 18.5 Å². The number of ether oxygens (including phenoxy) is 1. The summed E-state index contributed by atoms with van der Waals surface area (Å²) in [4.78, 5) is 23.3. The van der Waals surface area contributed by atoms with E-state index in [9.17, 15) is 18.4 Å². The summed E-state index contributed by atoms with van der Waals surface area (Å²) >= 11 is 11.6. The van der Waals surface area contributed by atoms with Gasteiger partial charge in [0, 0.05) is 21.8 Å². The number of nitrogens with one attached hydrogen (secondary N) is 2. The number of benzene rings is 2. The fraction of sp³-hybridized carbons (Fsp3) is 0.125. The van der Waals surface area contributed by atoms with Gasteiger partial charge in [0.25, 0.3) is 5.91 Å². The van der Waals surface area contributed by atoms with Gasteiger partial charge in [0.2, 0.25) is 5.91 Å². The highest BCUT2D eigenvalue weighted by Gasteiger charge is 2.09. The topological polar surface area (TPSA) is 67.4 Å². The Bertz CT molecular complexity index is 783. The van der Waals surface area contributed by atoms with Crippen molar-refractivity contribution in [3.8, 4) is 5.75 Å². The monoisotopic (exact) mass is 388 g/mol. The fourth-order valence-corrected chi connectivity index (χ4v) is 2.28. The first-order valence-corrected chi connectivity index (χ1v) is 7.69. The number of anilines is 1. The zero-order valence-corrected chi connectivity index (χ0v) is 14.1. The Balaban J connectivity index is 1.77. The Kier molecular flexibility index (Phi) is 6.55. The lowest BCUT2D eigenvalue weighted by atomic mass is 10.3. The second kappa shape index (κ2) is 8.64. The number of rotatable bonds is 6. The quantitative estimate of drug-likeness (QED) is 0.796. The van der Waals surface area contributed by atoms with Crippen molar-refractivity contribution in [1.82, 2.24) is 5.32 Å². The third-order valence-corrected chi connectivity index (χ3v) is 3.29. The van der Waals surface area contributed by atoms with Gasteiger partial charge in [-0.05, 0) is 30.3 Å². The summed E-state index contributed by atoms with van der Waals surface area (Å²) in [5.41, 5.74) is 0.0722. The van der Waals surface area contributed by atoms with Crippen LogP contribution in [0.4, 0.5) is 14.5 Å². The standard InChI is InChI=1S/C16H12Cl2F2N2O3/c17-9-3-10(18)5-12(4-9)25-8-16(24)21-7-15(23)22-11-1-2-13(19)14(20)6-11/h1-6H,7-8H2,(H,21,24)(H,22,23). The van der Waals surface area contributed by atoms with E-state index in [4.69, 9.17) is 27.9 Å². The van der Waals surface area contributed by atoms with E-state index >= 15 is 0 Å².